The second-order valence-electron chi connectivity index (χ2n) is 4.85. The first-order chi connectivity index (χ1) is 9.86. The van der Waals surface area contributed by atoms with Gasteiger partial charge >= 0.3 is 0 Å². The van der Waals surface area contributed by atoms with E-state index in [2.05, 4.69) is 34.6 Å². The highest BCUT2D eigenvalue weighted by atomic mass is 16.5. The van der Waals surface area contributed by atoms with Crippen molar-refractivity contribution in [1.82, 2.24) is 10.3 Å². The van der Waals surface area contributed by atoms with Gasteiger partial charge in [-0.2, -0.15) is 0 Å². The maximum Gasteiger partial charge on any atom is 0.221 e. The molecule has 0 saturated carbocycles. The molecule has 0 bridgehead atoms. The lowest BCUT2D eigenvalue weighted by atomic mass is 10.1. The summed E-state index contributed by atoms with van der Waals surface area (Å²) in [4.78, 5) is 4.22. The minimum atomic E-state index is 0.369. The lowest BCUT2D eigenvalue weighted by Gasteiger charge is -2.27. The summed E-state index contributed by atoms with van der Waals surface area (Å²) in [6, 6.07) is 12.3. The van der Waals surface area contributed by atoms with Crippen molar-refractivity contribution in [2.24, 2.45) is 0 Å². The predicted molar refractivity (Wildman–Crippen MR) is 77.7 cm³/mol. The van der Waals surface area contributed by atoms with Gasteiger partial charge < -0.3 is 14.8 Å². The normalized spacial score (nSPS) is 14.8. The maximum atomic E-state index is 5.75. The van der Waals surface area contributed by atoms with Crippen LogP contribution in [-0.4, -0.2) is 31.3 Å². The first kappa shape index (κ1) is 13.1. The van der Waals surface area contributed by atoms with E-state index in [0.29, 0.717) is 18.6 Å². The van der Waals surface area contributed by atoms with Crippen LogP contribution in [0.1, 0.15) is 5.56 Å². The SMILES string of the molecule is COc1ncccc1-c1ccc(COC2CNC2)cc1. The van der Waals surface area contributed by atoms with Crippen LogP contribution in [0.5, 0.6) is 5.88 Å². The van der Waals surface area contributed by atoms with Gasteiger partial charge in [-0.15, -0.1) is 0 Å². The molecule has 0 aliphatic carbocycles. The molecule has 1 aliphatic rings. The summed E-state index contributed by atoms with van der Waals surface area (Å²) in [5.41, 5.74) is 3.29. The average molecular weight is 270 g/mol. The van der Waals surface area contributed by atoms with Gasteiger partial charge in [0.2, 0.25) is 5.88 Å². The van der Waals surface area contributed by atoms with E-state index in [-0.39, 0.29) is 0 Å². The Labute approximate surface area is 118 Å². The first-order valence-electron chi connectivity index (χ1n) is 6.77. The van der Waals surface area contributed by atoms with Crippen LogP contribution in [0.25, 0.3) is 11.1 Å². The van der Waals surface area contributed by atoms with Gasteiger partial charge in [0.15, 0.2) is 0 Å². The molecule has 1 N–H and O–H groups in total. The average Bonchev–Trinajstić information content (AvgIpc) is 2.46. The highest BCUT2D eigenvalue weighted by Crippen LogP contribution is 2.27. The Hall–Kier alpha value is -1.91. The van der Waals surface area contributed by atoms with Crippen LogP contribution in [0.4, 0.5) is 0 Å². The summed E-state index contributed by atoms with van der Waals surface area (Å²) in [5, 5.41) is 3.19. The summed E-state index contributed by atoms with van der Waals surface area (Å²) in [6.45, 7) is 2.59. The number of hydrogen-bond donors (Lipinski definition) is 1. The van der Waals surface area contributed by atoms with Gasteiger partial charge in [0.25, 0.3) is 0 Å². The van der Waals surface area contributed by atoms with Crippen molar-refractivity contribution < 1.29 is 9.47 Å². The van der Waals surface area contributed by atoms with Crippen LogP contribution >= 0.6 is 0 Å². The number of hydrogen-bond acceptors (Lipinski definition) is 4. The molecule has 4 nitrogen and oxygen atoms in total. The number of methoxy groups -OCH3 is 1. The van der Waals surface area contributed by atoms with Crippen molar-refractivity contribution in [2.75, 3.05) is 20.2 Å². The largest absolute Gasteiger partial charge is 0.481 e. The number of rotatable bonds is 5. The summed E-state index contributed by atoms with van der Waals surface area (Å²) >= 11 is 0. The maximum absolute atomic E-state index is 5.75. The number of nitrogens with zero attached hydrogens (tertiary/aromatic N) is 1. The van der Waals surface area contributed by atoms with Crippen molar-refractivity contribution in [3.8, 4) is 17.0 Å². The molecule has 0 unspecified atom stereocenters. The zero-order valence-electron chi connectivity index (χ0n) is 11.5. The minimum Gasteiger partial charge on any atom is -0.481 e. The van der Waals surface area contributed by atoms with Crippen molar-refractivity contribution in [1.29, 1.82) is 0 Å². The van der Waals surface area contributed by atoms with Gasteiger partial charge in [0.05, 0.1) is 19.8 Å². The van der Waals surface area contributed by atoms with Crippen LogP contribution in [0.3, 0.4) is 0 Å². The monoisotopic (exact) mass is 270 g/mol. The third-order valence-electron chi connectivity index (χ3n) is 3.46. The summed E-state index contributed by atoms with van der Waals surface area (Å²) < 4.78 is 11.0. The number of aromatic nitrogens is 1. The molecule has 1 fully saturated rings. The van der Waals surface area contributed by atoms with E-state index >= 15 is 0 Å². The van der Waals surface area contributed by atoms with E-state index in [1.807, 2.05) is 12.1 Å². The Bertz CT molecular complexity index is 565. The third kappa shape index (κ3) is 2.81. The van der Waals surface area contributed by atoms with Gasteiger partial charge in [0, 0.05) is 24.8 Å². The predicted octanol–water partition coefficient (Wildman–Crippen LogP) is 2.25. The van der Waals surface area contributed by atoms with Crippen LogP contribution in [0.2, 0.25) is 0 Å². The van der Waals surface area contributed by atoms with Crippen LogP contribution in [0.15, 0.2) is 42.6 Å². The molecule has 4 heteroatoms. The number of pyridine rings is 1. The molecule has 1 saturated heterocycles. The van der Waals surface area contributed by atoms with E-state index in [0.717, 1.165) is 24.2 Å². The number of benzene rings is 1. The third-order valence-corrected chi connectivity index (χ3v) is 3.46. The minimum absolute atomic E-state index is 0.369. The van der Waals surface area contributed by atoms with Gasteiger partial charge in [-0.3, -0.25) is 0 Å². The molecule has 1 aliphatic heterocycles. The molecular formula is C16H18N2O2. The second-order valence-corrected chi connectivity index (χ2v) is 4.85. The Morgan fingerprint density at radius 3 is 2.65 bits per heavy atom. The quantitative estimate of drug-likeness (QED) is 0.905. The van der Waals surface area contributed by atoms with Gasteiger partial charge in [-0.25, -0.2) is 4.98 Å². The molecule has 0 atom stereocenters. The van der Waals surface area contributed by atoms with Crippen molar-refractivity contribution in [3.63, 3.8) is 0 Å². The van der Waals surface area contributed by atoms with Crippen LogP contribution < -0.4 is 10.1 Å². The van der Waals surface area contributed by atoms with Crippen molar-refractivity contribution >= 4 is 0 Å². The standard InChI is InChI=1S/C16H18N2O2/c1-19-16-15(3-2-8-18-16)13-6-4-12(5-7-13)11-20-14-9-17-10-14/h2-8,14,17H,9-11H2,1H3. The summed E-state index contributed by atoms with van der Waals surface area (Å²) in [5.74, 6) is 0.650. The molecule has 0 spiro atoms. The Kier molecular flexibility index (Phi) is 3.95. The van der Waals surface area contributed by atoms with E-state index in [1.165, 1.54) is 5.56 Å². The van der Waals surface area contributed by atoms with E-state index in [9.17, 15) is 0 Å². The van der Waals surface area contributed by atoms with Crippen LogP contribution in [0, 0.1) is 0 Å². The molecule has 104 valence electrons. The van der Waals surface area contributed by atoms with Gasteiger partial charge in [0.1, 0.15) is 0 Å². The fourth-order valence-corrected chi connectivity index (χ4v) is 2.15. The fraction of sp³-hybridized carbons (Fsp3) is 0.312. The molecule has 1 aromatic heterocycles. The summed E-state index contributed by atoms with van der Waals surface area (Å²) in [7, 11) is 1.64. The van der Waals surface area contributed by atoms with Crippen molar-refractivity contribution in [3.05, 3.63) is 48.2 Å². The molecule has 20 heavy (non-hydrogen) atoms. The highest BCUT2D eigenvalue weighted by Gasteiger charge is 2.16. The molecule has 0 amide bonds. The van der Waals surface area contributed by atoms with Gasteiger partial charge in [-0.05, 0) is 23.3 Å². The molecular weight excluding hydrogens is 252 g/mol. The molecule has 2 heterocycles. The molecule has 3 rings (SSSR count). The second kappa shape index (κ2) is 6.03. The molecule has 1 aromatic carbocycles. The zero-order valence-corrected chi connectivity index (χ0v) is 11.5. The smallest absolute Gasteiger partial charge is 0.221 e. The first-order valence-corrected chi connectivity index (χ1v) is 6.77. The lowest BCUT2D eigenvalue weighted by Crippen LogP contribution is -2.48. The summed E-state index contributed by atoms with van der Waals surface area (Å²) in [6.07, 6.45) is 2.10. The zero-order chi connectivity index (χ0) is 13.8. The highest BCUT2D eigenvalue weighted by molar-refractivity contribution is 5.68. The Morgan fingerprint density at radius 1 is 1.20 bits per heavy atom. The molecule has 2 aromatic rings. The fourth-order valence-electron chi connectivity index (χ4n) is 2.15. The molecule has 0 radical (unpaired) electrons. The van der Waals surface area contributed by atoms with E-state index in [4.69, 9.17) is 9.47 Å². The van der Waals surface area contributed by atoms with E-state index in [1.54, 1.807) is 13.3 Å². The number of ether oxygens (including phenoxy) is 2. The Morgan fingerprint density at radius 2 is 2.00 bits per heavy atom. The van der Waals surface area contributed by atoms with Crippen LogP contribution in [-0.2, 0) is 11.3 Å². The van der Waals surface area contributed by atoms with Gasteiger partial charge in [-0.1, -0.05) is 24.3 Å². The Balaban J connectivity index is 1.71. The van der Waals surface area contributed by atoms with E-state index < -0.39 is 0 Å². The lowest BCUT2D eigenvalue weighted by molar-refractivity contribution is 0.00759. The topological polar surface area (TPSA) is 43.4 Å². The number of nitrogens with one attached hydrogen (secondary N) is 1. The van der Waals surface area contributed by atoms with Crippen molar-refractivity contribution in [2.45, 2.75) is 12.7 Å².